The maximum Gasteiger partial charge on any atom is 0.240 e. The molecular weight excluding hydrogens is 278 g/mol. The van der Waals surface area contributed by atoms with Gasteiger partial charge in [0.1, 0.15) is 10.6 Å². The first kappa shape index (κ1) is 13.5. The number of hydrogen-bond donors (Lipinski definition) is 4. The van der Waals surface area contributed by atoms with Crippen molar-refractivity contribution in [2.24, 2.45) is 5.84 Å². The van der Waals surface area contributed by atoms with Gasteiger partial charge in [0.15, 0.2) is 0 Å². The van der Waals surface area contributed by atoms with Crippen molar-refractivity contribution in [3.05, 3.63) is 10.9 Å². The summed E-state index contributed by atoms with van der Waals surface area (Å²) in [7, 11) is 0. The zero-order valence-corrected chi connectivity index (χ0v) is 11.9. The molecule has 0 amide bonds. The van der Waals surface area contributed by atoms with Crippen LogP contribution in [-0.2, 0) is 6.42 Å². The van der Waals surface area contributed by atoms with E-state index in [1.807, 2.05) is 4.90 Å². The van der Waals surface area contributed by atoms with Crippen molar-refractivity contribution < 1.29 is 10.2 Å². The molecule has 1 aliphatic rings. The number of hydrazine groups is 1. The van der Waals surface area contributed by atoms with Crippen LogP contribution >= 0.6 is 11.3 Å². The number of nitrogens with one attached hydrogen (secondary N) is 1. The van der Waals surface area contributed by atoms with Gasteiger partial charge in [0.25, 0.3) is 0 Å². The fourth-order valence-corrected chi connectivity index (χ4v) is 3.34. The van der Waals surface area contributed by atoms with Crippen molar-refractivity contribution in [1.29, 1.82) is 0 Å². The van der Waals surface area contributed by atoms with Crippen molar-refractivity contribution >= 4 is 33.3 Å². The minimum Gasteiger partial charge on any atom is -0.389 e. The molecule has 1 fully saturated rings. The molecule has 2 atom stereocenters. The molecule has 2 aromatic heterocycles. The molecule has 0 aromatic carbocycles. The average molecular weight is 295 g/mol. The predicted molar refractivity (Wildman–Crippen MR) is 78.8 cm³/mol. The fourth-order valence-electron chi connectivity index (χ4n) is 2.38. The number of aryl methyl sites for hydroxylation is 1. The number of nitrogens with zero attached hydrogens (tertiary/aromatic N) is 3. The minimum absolute atomic E-state index is 0.341. The van der Waals surface area contributed by atoms with Crippen LogP contribution in [0, 0.1) is 0 Å². The maximum atomic E-state index is 9.71. The van der Waals surface area contributed by atoms with E-state index in [-0.39, 0.29) is 0 Å². The molecule has 0 bridgehead atoms. The van der Waals surface area contributed by atoms with Gasteiger partial charge in [-0.3, -0.25) is 5.43 Å². The molecule has 0 saturated carbocycles. The molecule has 3 heterocycles. The Bertz CT molecular complexity index is 622. The molecule has 5 N–H and O–H groups in total. The number of aromatic nitrogens is 2. The molecule has 2 aromatic rings. The van der Waals surface area contributed by atoms with E-state index in [1.165, 1.54) is 4.88 Å². The van der Waals surface area contributed by atoms with Gasteiger partial charge < -0.3 is 15.1 Å². The highest BCUT2D eigenvalue weighted by Gasteiger charge is 2.31. The lowest BCUT2D eigenvalue weighted by atomic mass is 10.3. The van der Waals surface area contributed by atoms with Gasteiger partial charge in [-0.2, -0.15) is 4.98 Å². The van der Waals surface area contributed by atoms with E-state index >= 15 is 0 Å². The van der Waals surface area contributed by atoms with Crippen LogP contribution in [0.1, 0.15) is 11.8 Å². The zero-order chi connectivity index (χ0) is 14.3. The van der Waals surface area contributed by atoms with Crippen LogP contribution in [0.15, 0.2) is 6.07 Å². The molecule has 20 heavy (non-hydrogen) atoms. The van der Waals surface area contributed by atoms with Crippen LogP contribution in [0.3, 0.4) is 0 Å². The molecule has 1 saturated heterocycles. The monoisotopic (exact) mass is 295 g/mol. The largest absolute Gasteiger partial charge is 0.389 e. The van der Waals surface area contributed by atoms with E-state index in [2.05, 4.69) is 28.4 Å². The van der Waals surface area contributed by atoms with E-state index in [4.69, 9.17) is 5.84 Å². The van der Waals surface area contributed by atoms with Gasteiger partial charge in [-0.05, 0) is 12.5 Å². The van der Waals surface area contributed by atoms with E-state index in [0.717, 1.165) is 16.6 Å². The summed E-state index contributed by atoms with van der Waals surface area (Å²) in [5.41, 5.74) is 2.47. The van der Waals surface area contributed by atoms with Gasteiger partial charge in [-0.25, -0.2) is 10.8 Å². The van der Waals surface area contributed by atoms with Gasteiger partial charge >= 0.3 is 0 Å². The van der Waals surface area contributed by atoms with Crippen LogP contribution in [0.25, 0.3) is 10.2 Å². The van der Waals surface area contributed by atoms with E-state index in [9.17, 15) is 10.2 Å². The third-order valence-electron chi connectivity index (χ3n) is 3.46. The molecule has 7 nitrogen and oxygen atoms in total. The van der Waals surface area contributed by atoms with Gasteiger partial charge in [0, 0.05) is 18.0 Å². The van der Waals surface area contributed by atoms with Gasteiger partial charge in [-0.15, -0.1) is 11.3 Å². The molecule has 0 aliphatic carbocycles. The first-order valence-electron chi connectivity index (χ1n) is 6.50. The average Bonchev–Trinajstić information content (AvgIpc) is 3.01. The third kappa shape index (κ3) is 2.20. The molecule has 0 spiro atoms. The molecule has 8 heteroatoms. The first-order chi connectivity index (χ1) is 9.62. The number of β-amino-alcohol motifs (C(OH)–C–C–N with tert-alkyl or cyclic N) is 2. The Hall–Kier alpha value is -1.48. The molecule has 0 radical (unpaired) electrons. The Balaban J connectivity index is 2.10. The van der Waals surface area contributed by atoms with Gasteiger partial charge in [0.2, 0.25) is 5.95 Å². The number of hydrogen-bond acceptors (Lipinski definition) is 8. The number of rotatable bonds is 3. The second kappa shape index (κ2) is 5.13. The summed E-state index contributed by atoms with van der Waals surface area (Å²) in [6.07, 6.45) is -0.575. The molecule has 2 unspecified atom stereocenters. The van der Waals surface area contributed by atoms with E-state index in [0.29, 0.717) is 24.9 Å². The van der Waals surface area contributed by atoms with Gasteiger partial charge in [-0.1, -0.05) is 6.92 Å². The predicted octanol–water partition coefficient (Wildman–Crippen LogP) is 0.0811. The Morgan fingerprint density at radius 2 is 2.10 bits per heavy atom. The number of fused-ring (bicyclic) bond motifs is 1. The van der Waals surface area contributed by atoms with Crippen LogP contribution in [0.2, 0.25) is 0 Å². The first-order valence-corrected chi connectivity index (χ1v) is 7.32. The standard InChI is InChI=1S/C12H17N5O2S/c1-2-6-3-7-10(17-4-8(18)9(19)5-17)14-12(16-13)15-11(7)20-6/h3,8-9,18-19H,2,4-5,13H2,1H3,(H,14,15,16). The number of thiophene rings is 1. The second-order valence-corrected chi connectivity index (χ2v) is 5.96. The van der Waals surface area contributed by atoms with Crippen LogP contribution < -0.4 is 16.2 Å². The summed E-state index contributed by atoms with van der Waals surface area (Å²) in [5, 5.41) is 20.4. The van der Waals surface area contributed by atoms with E-state index < -0.39 is 12.2 Å². The highest BCUT2D eigenvalue weighted by molar-refractivity contribution is 7.18. The Morgan fingerprint density at radius 1 is 1.40 bits per heavy atom. The lowest BCUT2D eigenvalue weighted by Crippen LogP contribution is -2.23. The van der Waals surface area contributed by atoms with Crippen molar-refractivity contribution in [1.82, 2.24) is 9.97 Å². The number of anilines is 2. The van der Waals surface area contributed by atoms with Crippen molar-refractivity contribution in [2.45, 2.75) is 25.6 Å². The van der Waals surface area contributed by atoms with Crippen LogP contribution in [0.4, 0.5) is 11.8 Å². The highest BCUT2D eigenvalue weighted by atomic mass is 32.1. The zero-order valence-electron chi connectivity index (χ0n) is 11.1. The third-order valence-corrected chi connectivity index (χ3v) is 4.63. The van der Waals surface area contributed by atoms with E-state index in [1.54, 1.807) is 11.3 Å². The smallest absolute Gasteiger partial charge is 0.240 e. The maximum absolute atomic E-state index is 9.71. The lowest BCUT2D eigenvalue weighted by Gasteiger charge is -2.17. The number of nitrogen functional groups attached to an aromatic ring is 1. The summed E-state index contributed by atoms with van der Waals surface area (Å²) in [4.78, 5) is 12.7. The summed E-state index contributed by atoms with van der Waals surface area (Å²) in [5.74, 6) is 6.46. The number of aliphatic hydroxyl groups excluding tert-OH is 2. The van der Waals surface area contributed by atoms with Crippen molar-refractivity contribution in [2.75, 3.05) is 23.4 Å². The quantitative estimate of drug-likeness (QED) is 0.469. The summed E-state index contributed by atoms with van der Waals surface area (Å²) in [6.45, 7) is 2.80. The second-order valence-electron chi connectivity index (χ2n) is 4.84. The molecular formula is C12H17N5O2S. The Labute approximate surface area is 120 Å². The molecule has 108 valence electrons. The van der Waals surface area contributed by atoms with Crippen LogP contribution in [0.5, 0.6) is 0 Å². The molecule has 3 rings (SSSR count). The summed E-state index contributed by atoms with van der Waals surface area (Å²) >= 11 is 1.60. The van der Waals surface area contributed by atoms with Crippen molar-refractivity contribution in [3.8, 4) is 0 Å². The lowest BCUT2D eigenvalue weighted by molar-refractivity contribution is 0.0572. The Kier molecular flexibility index (Phi) is 3.47. The topological polar surface area (TPSA) is 108 Å². The normalized spacial score (nSPS) is 22.7. The summed E-state index contributed by atoms with van der Waals surface area (Å²) < 4.78 is 0. The number of aliphatic hydroxyl groups is 2. The highest BCUT2D eigenvalue weighted by Crippen LogP contribution is 2.33. The molecule has 1 aliphatic heterocycles. The fraction of sp³-hybridized carbons (Fsp3) is 0.500. The minimum atomic E-state index is -0.751. The van der Waals surface area contributed by atoms with Gasteiger partial charge in [0.05, 0.1) is 17.6 Å². The Morgan fingerprint density at radius 3 is 2.70 bits per heavy atom. The number of nitrogens with two attached hydrogens (primary N) is 1. The van der Waals surface area contributed by atoms with Crippen molar-refractivity contribution in [3.63, 3.8) is 0 Å². The van der Waals surface area contributed by atoms with Crippen LogP contribution in [-0.4, -0.2) is 45.5 Å². The SMILES string of the molecule is CCc1cc2c(N3CC(O)C(O)C3)nc(NN)nc2s1. The summed E-state index contributed by atoms with van der Waals surface area (Å²) in [6, 6.07) is 2.06.